The van der Waals surface area contributed by atoms with E-state index in [1.807, 2.05) is 42.2 Å². The molecule has 1 aromatic heterocycles. The first-order valence-electron chi connectivity index (χ1n) is 11.1. The second-order valence-electron chi connectivity index (χ2n) is 8.15. The second-order valence-corrected chi connectivity index (χ2v) is 8.15. The molecule has 0 aliphatic carbocycles. The number of hydrogen-bond donors (Lipinski definition) is 0. The molecule has 0 radical (unpaired) electrons. The normalized spacial score (nSPS) is 14.0. The fourth-order valence-electron chi connectivity index (χ4n) is 4.17. The van der Waals surface area contributed by atoms with Crippen LogP contribution in [0.5, 0.6) is 0 Å². The summed E-state index contributed by atoms with van der Waals surface area (Å²) in [6.07, 6.45) is 1.79. The molecule has 0 bridgehead atoms. The Bertz CT molecular complexity index is 1040. The third-order valence-corrected chi connectivity index (χ3v) is 6.00. The van der Waals surface area contributed by atoms with Crippen molar-refractivity contribution in [2.75, 3.05) is 31.1 Å². The molecular weight excluding hydrogens is 384 g/mol. The molecular formula is C26H30N4O. The smallest absolute Gasteiger partial charge is 0.253 e. The van der Waals surface area contributed by atoms with Gasteiger partial charge in [0.05, 0.1) is 0 Å². The van der Waals surface area contributed by atoms with E-state index in [-0.39, 0.29) is 5.91 Å². The number of piperazine rings is 1. The van der Waals surface area contributed by atoms with Gasteiger partial charge >= 0.3 is 0 Å². The molecule has 160 valence electrons. The number of aromatic nitrogens is 2. The zero-order valence-electron chi connectivity index (χ0n) is 18.6. The van der Waals surface area contributed by atoms with Gasteiger partial charge in [-0.15, -0.1) is 0 Å². The first-order chi connectivity index (χ1) is 15.0. The van der Waals surface area contributed by atoms with Crippen LogP contribution < -0.4 is 4.90 Å². The summed E-state index contributed by atoms with van der Waals surface area (Å²) in [5.41, 5.74) is 5.47. The lowest BCUT2D eigenvalue weighted by atomic mass is 10.0. The van der Waals surface area contributed by atoms with Crippen LogP contribution >= 0.6 is 0 Å². The minimum absolute atomic E-state index is 0.113. The van der Waals surface area contributed by atoms with Crippen LogP contribution in [-0.4, -0.2) is 47.0 Å². The number of benzene rings is 2. The molecule has 2 heterocycles. The lowest BCUT2D eigenvalue weighted by Gasteiger charge is -2.36. The van der Waals surface area contributed by atoms with Crippen molar-refractivity contribution in [3.63, 3.8) is 0 Å². The number of rotatable bonds is 5. The molecule has 1 saturated heterocycles. The number of amides is 1. The molecule has 2 aromatic carbocycles. The third kappa shape index (κ3) is 4.76. The molecule has 5 nitrogen and oxygen atoms in total. The highest BCUT2D eigenvalue weighted by atomic mass is 16.2. The summed E-state index contributed by atoms with van der Waals surface area (Å²) < 4.78 is 0. The quantitative estimate of drug-likeness (QED) is 0.628. The van der Waals surface area contributed by atoms with E-state index in [4.69, 9.17) is 4.98 Å². The maximum Gasteiger partial charge on any atom is 0.253 e. The largest absolute Gasteiger partial charge is 0.353 e. The number of hydrogen-bond acceptors (Lipinski definition) is 4. The average Bonchev–Trinajstić information content (AvgIpc) is 2.81. The van der Waals surface area contributed by atoms with Crippen molar-refractivity contribution in [3.05, 3.63) is 88.4 Å². The fourth-order valence-corrected chi connectivity index (χ4v) is 4.17. The second kappa shape index (κ2) is 9.29. The van der Waals surface area contributed by atoms with Gasteiger partial charge in [-0.3, -0.25) is 4.79 Å². The topological polar surface area (TPSA) is 49.3 Å². The molecule has 0 saturated carbocycles. The van der Waals surface area contributed by atoms with Gasteiger partial charge in [0.1, 0.15) is 11.6 Å². The van der Waals surface area contributed by atoms with Crippen LogP contribution in [0.3, 0.4) is 0 Å². The van der Waals surface area contributed by atoms with Crippen molar-refractivity contribution < 1.29 is 4.79 Å². The van der Waals surface area contributed by atoms with E-state index >= 15 is 0 Å². The SMILES string of the molecule is CCc1ccc(C(=O)N2CCN(c3nc(C)nc(C)c3Cc3ccccc3)CC2)cc1. The van der Waals surface area contributed by atoms with Crippen molar-refractivity contribution in [3.8, 4) is 0 Å². The minimum Gasteiger partial charge on any atom is -0.353 e. The molecule has 0 spiro atoms. The van der Waals surface area contributed by atoms with Gasteiger partial charge in [0.25, 0.3) is 5.91 Å². The van der Waals surface area contributed by atoms with Gasteiger partial charge in [-0.25, -0.2) is 9.97 Å². The highest BCUT2D eigenvalue weighted by Gasteiger charge is 2.25. The van der Waals surface area contributed by atoms with Gasteiger partial charge in [-0.2, -0.15) is 0 Å². The van der Waals surface area contributed by atoms with Crippen LogP contribution in [0.2, 0.25) is 0 Å². The van der Waals surface area contributed by atoms with Gasteiger partial charge < -0.3 is 9.80 Å². The van der Waals surface area contributed by atoms with Crippen molar-refractivity contribution in [2.45, 2.75) is 33.6 Å². The summed E-state index contributed by atoms with van der Waals surface area (Å²) in [5, 5.41) is 0. The Hall–Kier alpha value is -3.21. The van der Waals surface area contributed by atoms with Gasteiger partial charge in [-0.1, -0.05) is 49.4 Å². The summed E-state index contributed by atoms with van der Waals surface area (Å²) in [7, 11) is 0. The minimum atomic E-state index is 0.113. The lowest BCUT2D eigenvalue weighted by Crippen LogP contribution is -2.49. The van der Waals surface area contributed by atoms with E-state index in [1.54, 1.807) is 0 Å². The van der Waals surface area contributed by atoms with E-state index < -0.39 is 0 Å². The predicted molar refractivity (Wildman–Crippen MR) is 125 cm³/mol. The monoisotopic (exact) mass is 414 g/mol. The first kappa shape index (κ1) is 21.0. The maximum absolute atomic E-state index is 12.9. The summed E-state index contributed by atoms with van der Waals surface area (Å²) in [6.45, 7) is 9.08. The molecule has 0 atom stereocenters. The zero-order chi connectivity index (χ0) is 21.8. The Balaban J connectivity index is 1.49. The van der Waals surface area contributed by atoms with Crippen LogP contribution in [-0.2, 0) is 12.8 Å². The van der Waals surface area contributed by atoms with Gasteiger partial charge in [-0.05, 0) is 43.5 Å². The third-order valence-electron chi connectivity index (χ3n) is 6.00. The van der Waals surface area contributed by atoms with Gasteiger partial charge in [0, 0.05) is 49.4 Å². The fraction of sp³-hybridized carbons (Fsp3) is 0.346. The number of nitrogens with zero attached hydrogens (tertiary/aromatic N) is 4. The van der Waals surface area contributed by atoms with Crippen LogP contribution in [0.1, 0.15) is 45.5 Å². The Morgan fingerprint density at radius 2 is 1.55 bits per heavy atom. The Morgan fingerprint density at radius 1 is 0.871 bits per heavy atom. The molecule has 4 rings (SSSR count). The predicted octanol–water partition coefficient (Wildman–Crippen LogP) is 4.21. The van der Waals surface area contributed by atoms with E-state index in [0.29, 0.717) is 13.1 Å². The number of aryl methyl sites for hydroxylation is 3. The summed E-state index contributed by atoms with van der Waals surface area (Å²) >= 11 is 0. The standard InChI is InChI=1S/C26H30N4O/c1-4-21-10-12-23(13-11-21)26(31)30-16-14-29(15-17-30)25-24(19(2)27-20(3)28-25)18-22-8-6-5-7-9-22/h5-13H,4,14-18H2,1-3H3. The molecule has 0 N–H and O–H groups in total. The molecule has 31 heavy (non-hydrogen) atoms. The van der Waals surface area contributed by atoms with E-state index in [1.165, 1.54) is 16.7 Å². The maximum atomic E-state index is 12.9. The average molecular weight is 415 g/mol. The number of carbonyl (C=O) groups is 1. The Labute approximate surface area is 184 Å². The highest BCUT2D eigenvalue weighted by Crippen LogP contribution is 2.25. The Morgan fingerprint density at radius 3 is 2.19 bits per heavy atom. The van der Waals surface area contributed by atoms with Crippen molar-refractivity contribution in [2.24, 2.45) is 0 Å². The van der Waals surface area contributed by atoms with E-state index in [9.17, 15) is 4.79 Å². The highest BCUT2D eigenvalue weighted by molar-refractivity contribution is 5.94. The number of anilines is 1. The first-order valence-corrected chi connectivity index (χ1v) is 11.1. The van der Waals surface area contributed by atoms with Crippen LogP contribution in [0.25, 0.3) is 0 Å². The van der Waals surface area contributed by atoms with Crippen LogP contribution in [0, 0.1) is 13.8 Å². The zero-order valence-corrected chi connectivity index (χ0v) is 18.6. The van der Waals surface area contributed by atoms with Crippen molar-refractivity contribution >= 4 is 11.7 Å². The van der Waals surface area contributed by atoms with Gasteiger partial charge in [0.15, 0.2) is 0 Å². The molecule has 1 aliphatic heterocycles. The van der Waals surface area contributed by atoms with E-state index in [2.05, 4.69) is 48.0 Å². The summed E-state index contributed by atoms with van der Waals surface area (Å²) in [5.74, 6) is 1.91. The summed E-state index contributed by atoms with van der Waals surface area (Å²) in [6, 6.07) is 18.4. The Kier molecular flexibility index (Phi) is 6.31. The van der Waals surface area contributed by atoms with E-state index in [0.717, 1.165) is 48.8 Å². The van der Waals surface area contributed by atoms with Crippen molar-refractivity contribution in [1.29, 1.82) is 0 Å². The van der Waals surface area contributed by atoms with Crippen molar-refractivity contribution in [1.82, 2.24) is 14.9 Å². The molecule has 1 fully saturated rings. The molecule has 5 heteroatoms. The number of carbonyl (C=O) groups excluding carboxylic acids is 1. The van der Waals surface area contributed by atoms with Crippen LogP contribution in [0.15, 0.2) is 54.6 Å². The molecule has 0 unspecified atom stereocenters. The molecule has 1 amide bonds. The molecule has 3 aromatic rings. The molecule has 1 aliphatic rings. The van der Waals surface area contributed by atoms with Gasteiger partial charge in [0.2, 0.25) is 0 Å². The lowest BCUT2D eigenvalue weighted by molar-refractivity contribution is 0.0746. The summed E-state index contributed by atoms with van der Waals surface area (Å²) in [4.78, 5) is 26.6. The van der Waals surface area contributed by atoms with Crippen LogP contribution in [0.4, 0.5) is 5.82 Å².